The Morgan fingerprint density at radius 2 is 2.00 bits per heavy atom. The summed E-state index contributed by atoms with van der Waals surface area (Å²) in [5, 5.41) is 3.52. The molecular weight excluding hydrogens is 232 g/mol. The third-order valence-corrected chi connectivity index (χ3v) is 4.36. The fourth-order valence-electron chi connectivity index (χ4n) is 3.22. The SMILES string of the molecule is CCCC(c1ccccc1)N(C)C1CCCNCC1. The zero-order valence-electron chi connectivity index (χ0n) is 12.4. The molecule has 1 N–H and O–H groups in total. The molecule has 1 aromatic rings. The first-order valence-corrected chi connectivity index (χ1v) is 7.80. The van der Waals surface area contributed by atoms with Crippen molar-refractivity contribution in [3.8, 4) is 0 Å². The van der Waals surface area contributed by atoms with Crippen molar-refractivity contribution < 1.29 is 0 Å². The van der Waals surface area contributed by atoms with Crippen molar-refractivity contribution in [1.29, 1.82) is 0 Å². The molecular formula is C17H28N2. The molecule has 0 bridgehead atoms. The van der Waals surface area contributed by atoms with Crippen molar-refractivity contribution in [2.24, 2.45) is 0 Å². The molecule has 106 valence electrons. The molecule has 2 heteroatoms. The molecule has 2 rings (SSSR count). The van der Waals surface area contributed by atoms with Crippen LogP contribution in [0.25, 0.3) is 0 Å². The second-order valence-electron chi connectivity index (χ2n) is 5.72. The van der Waals surface area contributed by atoms with E-state index in [2.05, 4.69) is 54.5 Å². The minimum atomic E-state index is 0.578. The quantitative estimate of drug-likeness (QED) is 0.870. The summed E-state index contributed by atoms with van der Waals surface area (Å²) in [5.74, 6) is 0. The number of benzene rings is 1. The Kier molecular flexibility index (Phi) is 5.87. The lowest BCUT2D eigenvalue weighted by Gasteiger charge is -2.35. The van der Waals surface area contributed by atoms with Crippen LogP contribution in [0.5, 0.6) is 0 Å². The van der Waals surface area contributed by atoms with Gasteiger partial charge in [0.25, 0.3) is 0 Å². The van der Waals surface area contributed by atoms with Crippen LogP contribution in [0.1, 0.15) is 50.6 Å². The van der Waals surface area contributed by atoms with Crippen LogP contribution in [0.15, 0.2) is 30.3 Å². The van der Waals surface area contributed by atoms with E-state index in [-0.39, 0.29) is 0 Å². The van der Waals surface area contributed by atoms with Crippen molar-refractivity contribution in [2.45, 2.75) is 51.1 Å². The third kappa shape index (κ3) is 4.05. The molecule has 1 saturated heterocycles. The van der Waals surface area contributed by atoms with E-state index < -0.39 is 0 Å². The van der Waals surface area contributed by atoms with Crippen molar-refractivity contribution in [2.75, 3.05) is 20.1 Å². The zero-order chi connectivity index (χ0) is 13.5. The first kappa shape index (κ1) is 14.5. The van der Waals surface area contributed by atoms with E-state index >= 15 is 0 Å². The van der Waals surface area contributed by atoms with Crippen molar-refractivity contribution in [1.82, 2.24) is 10.2 Å². The van der Waals surface area contributed by atoms with E-state index in [1.807, 2.05) is 0 Å². The summed E-state index contributed by atoms with van der Waals surface area (Å²) in [5.41, 5.74) is 1.48. The van der Waals surface area contributed by atoms with Gasteiger partial charge in [0.1, 0.15) is 0 Å². The molecule has 0 aromatic heterocycles. The summed E-state index contributed by atoms with van der Waals surface area (Å²) in [7, 11) is 2.32. The van der Waals surface area contributed by atoms with Crippen molar-refractivity contribution >= 4 is 0 Å². The van der Waals surface area contributed by atoms with Crippen LogP contribution in [-0.4, -0.2) is 31.1 Å². The van der Waals surface area contributed by atoms with Gasteiger partial charge in [-0.05, 0) is 51.4 Å². The molecule has 0 radical (unpaired) electrons. The molecule has 2 atom stereocenters. The molecule has 1 aromatic carbocycles. The number of nitrogens with zero attached hydrogens (tertiary/aromatic N) is 1. The van der Waals surface area contributed by atoms with Gasteiger partial charge in [-0.1, -0.05) is 43.7 Å². The molecule has 2 unspecified atom stereocenters. The van der Waals surface area contributed by atoms with Gasteiger partial charge < -0.3 is 5.32 Å². The van der Waals surface area contributed by atoms with E-state index in [0.717, 1.165) is 6.04 Å². The first-order chi connectivity index (χ1) is 9.33. The maximum Gasteiger partial charge on any atom is 0.0347 e. The van der Waals surface area contributed by atoms with E-state index in [4.69, 9.17) is 0 Å². The molecule has 1 heterocycles. The number of nitrogens with one attached hydrogen (secondary N) is 1. The fraction of sp³-hybridized carbons (Fsp3) is 0.647. The highest BCUT2D eigenvalue weighted by Gasteiger charge is 2.24. The van der Waals surface area contributed by atoms with Gasteiger partial charge in [-0.25, -0.2) is 0 Å². The van der Waals surface area contributed by atoms with Crippen LogP contribution >= 0.6 is 0 Å². The first-order valence-electron chi connectivity index (χ1n) is 7.80. The highest BCUT2D eigenvalue weighted by molar-refractivity contribution is 5.19. The largest absolute Gasteiger partial charge is 0.317 e. The van der Waals surface area contributed by atoms with Gasteiger partial charge in [-0.2, -0.15) is 0 Å². The predicted octanol–water partition coefficient (Wildman–Crippen LogP) is 3.60. The minimum Gasteiger partial charge on any atom is -0.317 e. The summed E-state index contributed by atoms with van der Waals surface area (Å²) in [6, 6.07) is 12.3. The van der Waals surface area contributed by atoms with E-state index in [1.54, 1.807) is 0 Å². The highest BCUT2D eigenvalue weighted by atomic mass is 15.2. The summed E-state index contributed by atoms with van der Waals surface area (Å²) in [4.78, 5) is 2.63. The smallest absolute Gasteiger partial charge is 0.0347 e. The predicted molar refractivity (Wildman–Crippen MR) is 82.4 cm³/mol. The summed E-state index contributed by atoms with van der Waals surface area (Å²) in [6.07, 6.45) is 6.42. The summed E-state index contributed by atoms with van der Waals surface area (Å²) >= 11 is 0. The van der Waals surface area contributed by atoms with Gasteiger partial charge in [0.05, 0.1) is 0 Å². The number of hydrogen-bond acceptors (Lipinski definition) is 2. The second-order valence-corrected chi connectivity index (χ2v) is 5.72. The van der Waals surface area contributed by atoms with Gasteiger partial charge in [0.15, 0.2) is 0 Å². The normalized spacial score (nSPS) is 22.2. The van der Waals surface area contributed by atoms with Crippen LogP contribution in [0.4, 0.5) is 0 Å². The molecule has 2 nitrogen and oxygen atoms in total. The van der Waals surface area contributed by atoms with Gasteiger partial charge in [-0.3, -0.25) is 4.90 Å². The Hall–Kier alpha value is -0.860. The number of rotatable bonds is 5. The molecule has 0 amide bonds. The number of hydrogen-bond donors (Lipinski definition) is 1. The lowest BCUT2D eigenvalue weighted by Crippen LogP contribution is -2.35. The standard InChI is InChI=1S/C17H28N2/c1-3-8-17(15-9-5-4-6-10-15)19(2)16-11-7-13-18-14-12-16/h4-6,9-10,16-18H,3,7-8,11-14H2,1-2H3. The minimum absolute atomic E-state index is 0.578. The maximum absolute atomic E-state index is 3.52. The van der Waals surface area contributed by atoms with E-state index in [1.165, 1.54) is 50.8 Å². The highest BCUT2D eigenvalue weighted by Crippen LogP contribution is 2.28. The van der Waals surface area contributed by atoms with Crippen LogP contribution in [0.3, 0.4) is 0 Å². The summed E-state index contributed by atoms with van der Waals surface area (Å²) in [6.45, 7) is 4.65. The molecule has 0 aliphatic carbocycles. The Morgan fingerprint density at radius 1 is 1.21 bits per heavy atom. The molecule has 19 heavy (non-hydrogen) atoms. The third-order valence-electron chi connectivity index (χ3n) is 4.36. The van der Waals surface area contributed by atoms with Crippen LogP contribution in [-0.2, 0) is 0 Å². The lowest BCUT2D eigenvalue weighted by molar-refractivity contribution is 0.151. The Balaban J connectivity index is 2.09. The fourth-order valence-corrected chi connectivity index (χ4v) is 3.22. The maximum atomic E-state index is 3.52. The Bertz CT molecular complexity index is 342. The van der Waals surface area contributed by atoms with Crippen molar-refractivity contribution in [3.05, 3.63) is 35.9 Å². The molecule has 0 spiro atoms. The topological polar surface area (TPSA) is 15.3 Å². The van der Waals surface area contributed by atoms with Gasteiger partial charge in [-0.15, -0.1) is 0 Å². The lowest BCUT2D eigenvalue weighted by atomic mass is 9.97. The van der Waals surface area contributed by atoms with E-state index in [9.17, 15) is 0 Å². The van der Waals surface area contributed by atoms with E-state index in [0.29, 0.717) is 6.04 Å². The summed E-state index contributed by atoms with van der Waals surface area (Å²) < 4.78 is 0. The van der Waals surface area contributed by atoms with Gasteiger partial charge in [0.2, 0.25) is 0 Å². The Morgan fingerprint density at radius 3 is 2.74 bits per heavy atom. The van der Waals surface area contributed by atoms with Gasteiger partial charge in [0, 0.05) is 12.1 Å². The Labute approximate surface area is 118 Å². The molecule has 1 aliphatic rings. The average Bonchev–Trinajstić information content (AvgIpc) is 2.74. The molecule has 1 aliphatic heterocycles. The zero-order valence-corrected chi connectivity index (χ0v) is 12.4. The van der Waals surface area contributed by atoms with Crippen LogP contribution in [0.2, 0.25) is 0 Å². The second kappa shape index (κ2) is 7.66. The van der Waals surface area contributed by atoms with Gasteiger partial charge >= 0.3 is 0 Å². The molecule has 1 fully saturated rings. The van der Waals surface area contributed by atoms with Crippen molar-refractivity contribution in [3.63, 3.8) is 0 Å². The van der Waals surface area contributed by atoms with Crippen LogP contribution < -0.4 is 5.32 Å². The van der Waals surface area contributed by atoms with Crippen LogP contribution in [0, 0.1) is 0 Å². The monoisotopic (exact) mass is 260 g/mol. The average molecular weight is 260 g/mol. The molecule has 0 saturated carbocycles.